The summed E-state index contributed by atoms with van der Waals surface area (Å²) in [6.07, 6.45) is 0. The number of methoxy groups -OCH3 is 1. The first-order chi connectivity index (χ1) is 12.3. The van der Waals surface area contributed by atoms with Crippen LogP contribution in [0.15, 0.2) is 47.4 Å². The second-order valence-corrected chi connectivity index (χ2v) is 7.43. The summed E-state index contributed by atoms with van der Waals surface area (Å²) in [4.78, 5) is 11.9. The number of rotatable bonds is 7. The van der Waals surface area contributed by atoms with E-state index in [-0.39, 0.29) is 18.0 Å². The van der Waals surface area contributed by atoms with Crippen LogP contribution in [-0.2, 0) is 14.8 Å². The summed E-state index contributed by atoms with van der Waals surface area (Å²) in [6.45, 7) is 5.82. The Labute approximate surface area is 154 Å². The van der Waals surface area contributed by atoms with Gasteiger partial charge in [-0.15, -0.1) is 0 Å². The summed E-state index contributed by atoms with van der Waals surface area (Å²) in [5, 5.41) is 0. The Kier molecular flexibility index (Phi) is 6.26. The molecule has 6 nitrogen and oxygen atoms in total. The molecule has 0 aromatic heterocycles. The molecule has 7 heteroatoms. The van der Waals surface area contributed by atoms with Crippen LogP contribution in [0, 0.1) is 6.92 Å². The third kappa shape index (κ3) is 3.99. The second-order valence-electron chi connectivity index (χ2n) is 5.57. The number of benzene rings is 2. The zero-order valence-electron chi connectivity index (χ0n) is 15.4. The van der Waals surface area contributed by atoms with Crippen molar-refractivity contribution in [3.63, 3.8) is 0 Å². The van der Waals surface area contributed by atoms with Crippen molar-refractivity contribution in [2.75, 3.05) is 24.6 Å². The maximum atomic E-state index is 13.0. The molecule has 0 atom stereocenters. The smallest absolute Gasteiger partial charge is 0.338 e. The second kappa shape index (κ2) is 8.23. The molecule has 0 amide bonds. The van der Waals surface area contributed by atoms with Crippen LogP contribution in [-0.4, -0.2) is 34.6 Å². The molecule has 0 aliphatic carbocycles. The molecule has 0 unspecified atom stereocenters. The number of sulfonamides is 1. The Balaban J connectivity index is 2.37. The molecule has 26 heavy (non-hydrogen) atoms. The summed E-state index contributed by atoms with van der Waals surface area (Å²) in [5.74, 6) is 0.196. The van der Waals surface area contributed by atoms with Gasteiger partial charge < -0.3 is 9.47 Å². The highest BCUT2D eigenvalue weighted by atomic mass is 32.2. The number of esters is 1. The van der Waals surface area contributed by atoms with Gasteiger partial charge >= 0.3 is 5.97 Å². The van der Waals surface area contributed by atoms with Crippen molar-refractivity contribution in [2.24, 2.45) is 0 Å². The monoisotopic (exact) mass is 377 g/mol. The van der Waals surface area contributed by atoms with Crippen LogP contribution in [0.4, 0.5) is 5.69 Å². The molecule has 2 aromatic carbocycles. The summed E-state index contributed by atoms with van der Waals surface area (Å²) in [7, 11) is -2.19. The SMILES string of the molecule is CCOC(=O)c1ccc(N(CC)S(=O)(=O)c2ccc(OC)c(C)c2)cc1. The lowest BCUT2D eigenvalue weighted by molar-refractivity contribution is 0.0526. The van der Waals surface area contributed by atoms with Gasteiger partial charge in [-0.1, -0.05) is 0 Å². The Morgan fingerprint density at radius 1 is 1.08 bits per heavy atom. The molecule has 0 saturated heterocycles. The quantitative estimate of drug-likeness (QED) is 0.692. The van der Waals surface area contributed by atoms with Crippen molar-refractivity contribution in [1.29, 1.82) is 0 Å². The molecule has 0 fully saturated rings. The van der Waals surface area contributed by atoms with Crippen LogP contribution in [0.5, 0.6) is 5.75 Å². The largest absolute Gasteiger partial charge is 0.496 e. The van der Waals surface area contributed by atoms with E-state index in [4.69, 9.17) is 9.47 Å². The molecule has 0 radical (unpaired) electrons. The maximum Gasteiger partial charge on any atom is 0.338 e. The lowest BCUT2D eigenvalue weighted by Crippen LogP contribution is -2.30. The number of hydrogen-bond acceptors (Lipinski definition) is 5. The normalized spacial score (nSPS) is 11.1. The fraction of sp³-hybridized carbons (Fsp3) is 0.316. The first kappa shape index (κ1) is 19.8. The number of ether oxygens (including phenoxy) is 2. The fourth-order valence-corrected chi connectivity index (χ4v) is 4.17. The summed E-state index contributed by atoms with van der Waals surface area (Å²) < 4.78 is 37.5. The van der Waals surface area contributed by atoms with Gasteiger partial charge in [0, 0.05) is 6.54 Å². The molecule has 0 heterocycles. The highest BCUT2D eigenvalue weighted by Gasteiger charge is 2.24. The molecular weight excluding hydrogens is 354 g/mol. The first-order valence-electron chi connectivity index (χ1n) is 8.29. The van der Waals surface area contributed by atoms with Gasteiger partial charge in [0.05, 0.1) is 29.9 Å². The van der Waals surface area contributed by atoms with Gasteiger partial charge in [0.2, 0.25) is 0 Å². The molecule has 0 bridgehead atoms. The van der Waals surface area contributed by atoms with Crippen molar-refractivity contribution in [2.45, 2.75) is 25.7 Å². The van der Waals surface area contributed by atoms with Crippen molar-refractivity contribution >= 4 is 21.7 Å². The third-order valence-electron chi connectivity index (χ3n) is 3.91. The van der Waals surface area contributed by atoms with Crippen LogP contribution in [0.3, 0.4) is 0 Å². The van der Waals surface area contributed by atoms with E-state index in [1.165, 1.54) is 10.4 Å². The summed E-state index contributed by atoms with van der Waals surface area (Å²) in [5.41, 5.74) is 1.60. The Hall–Kier alpha value is -2.54. The Morgan fingerprint density at radius 3 is 2.23 bits per heavy atom. The number of hydrogen-bond donors (Lipinski definition) is 0. The predicted octanol–water partition coefficient (Wildman–Crippen LogP) is 3.40. The number of anilines is 1. The zero-order valence-corrected chi connectivity index (χ0v) is 16.2. The van der Waals surface area contributed by atoms with E-state index in [2.05, 4.69) is 0 Å². The third-order valence-corrected chi connectivity index (χ3v) is 5.81. The van der Waals surface area contributed by atoms with Crippen LogP contribution in [0.2, 0.25) is 0 Å². The summed E-state index contributed by atoms with van der Waals surface area (Å²) >= 11 is 0. The van der Waals surface area contributed by atoms with E-state index < -0.39 is 16.0 Å². The van der Waals surface area contributed by atoms with Crippen LogP contribution in [0.1, 0.15) is 29.8 Å². The van der Waals surface area contributed by atoms with Crippen LogP contribution < -0.4 is 9.04 Å². The summed E-state index contributed by atoms with van der Waals surface area (Å²) in [6, 6.07) is 11.1. The van der Waals surface area contributed by atoms with Crippen molar-refractivity contribution in [3.05, 3.63) is 53.6 Å². The minimum atomic E-state index is -3.73. The number of nitrogens with zero attached hydrogens (tertiary/aromatic N) is 1. The minimum absolute atomic E-state index is 0.187. The van der Waals surface area contributed by atoms with Gasteiger partial charge in [0.25, 0.3) is 10.0 Å². The van der Waals surface area contributed by atoms with E-state index in [9.17, 15) is 13.2 Å². The van der Waals surface area contributed by atoms with Gasteiger partial charge in [-0.25, -0.2) is 13.2 Å². The molecule has 0 spiro atoms. The van der Waals surface area contributed by atoms with Gasteiger partial charge in [-0.3, -0.25) is 4.31 Å². The van der Waals surface area contributed by atoms with Crippen LogP contribution >= 0.6 is 0 Å². The maximum absolute atomic E-state index is 13.0. The van der Waals surface area contributed by atoms with Crippen molar-refractivity contribution in [1.82, 2.24) is 0 Å². The van der Waals surface area contributed by atoms with Crippen molar-refractivity contribution < 1.29 is 22.7 Å². The predicted molar refractivity (Wildman–Crippen MR) is 100 cm³/mol. The van der Waals surface area contributed by atoms with Crippen LogP contribution in [0.25, 0.3) is 0 Å². The number of carbonyl (C=O) groups is 1. The van der Waals surface area contributed by atoms with Gasteiger partial charge in [-0.2, -0.15) is 0 Å². The molecule has 0 aliphatic rings. The van der Waals surface area contributed by atoms with E-state index in [1.54, 1.807) is 64.3 Å². The molecule has 140 valence electrons. The molecular formula is C19H23NO5S. The average molecular weight is 377 g/mol. The molecule has 2 aromatic rings. The molecule has 0 aliphatic heterocycles. The minimum Gasteiger partial charge on any atom is -0.496 e. The number of carbonyl (C=O) groups excluding carboxylic acids is 1. The topological polar surface area (TPSA) is 72.9 Å². The molecule has 2 rings (SSSR count). The fourth-order valence-electron chi connectivity index (χ4n) is 2.61. The average Bonchev–Trinajstić information content (AvgIpc) is 2.62. The molecule has 0 N–H and O–H groups in total. The van der Waals surface area contributed by atoms with Gasteiger partial charge in [0.15, 0.2) is 0 Å². The van der Waals surface area contributed by atoms with E-state index in [1.807, 2.05) is 0 Å². The van der Waals surface area contributed by atoms with Gasteiger partial charge in [0.1, 0.15) is 5.75 Å². The zero-order chi connectivity index (χ0) is 19.3. The number of aryl methyl sites for hydroxylation is 1. The van der Waals surface area contributed by atoms with E-state index in [0.29, 0.717) is 17.0 Å². The first-order valence-corrected chi connectivity index (χ1v) is 9.73. The van der Waals surface area contributed by atoms with E-state index >= 15 is 0 Å². The van der Waals surface area contributed by atoms with Crippen molar-refractivity contribution in [3.8, 4) is 5.75 Å². The standard InChI is InChI=1S/C19H23NO5S/c1-5-20(16-9-7-15(8-10-16)19(21)25-6-2)26(22,23)17-11-12-18(24-4)14(3)13-17/h7-13H,5-6H2,1-4H3. The highest BCUT2D eigenvalue weighted by Crippen LogP contribution is 2.27. The molecule has 0 saturated carbocycles. The lowest BCUT2D eigenvalue weighted by atomic mass is 10.2. The Bertz CT molecular complexity index is 875. The lowest BCUT2D eigenvalue weighted by Gasteiger charge is -2.23. The highest BCUT2D eigenvalue weighted by molar-refractivity contribution is 7.92. The van der Waals surface area contributed by atoms with E-state index in [0.717, 1.165) is 5.56 Å². The Morgan fingerprint density at radius 2 is 1.73 bits per heavy atom. The van der Waals surface area contributed by atoms with Gasteiger partial charge in [-0.05, 0) is 68.8 Å².